The van der Waals surface area contributed by atoms with Gasteiger partial charge in [0, 0.05) is 29.5 Å². The van der Waals surface area contributed by atoms with Crippen LogP contribution in [0.4, 0.5) is 0 Å². The third-order valence-corrected chi connectivity index (χ3v) is 8.81. The first-order valence-corrected chi connectivity index (χ1v) is 14.5. The minimum atomic E-state index is -4.74. The summed E-state index contributed by atoms with van der Waals surface area (Å²) in [7, 11) is -4.74. The second-order valence-corrected chi connectivity index (χ2v) is 11.8. The first-order valence-electron chi connectivity index (χ1n) is 12.8. The average Bonchev–Trinajstić information content (AvgIpc) is 3.37. The number of nitrogens with one attached hydrogen (secondary N) is 2. The van der Waals surface area contributed by atoms with Crippen molar-refractivity contribution >= 4 is 42.1 Å². The smallest absolute Gasteiger partial charge is 0.342 e. The number of aliphatic carboxylic acids is 1. The summed E-state index contributed by atoms with van der Waals surface area (Å²) >= 11 is 0. The molecular formula is C28H28N3O8P. The number of rotatable bonds is 9. The number of carbonyl (C=O) groups excluding carboxylic acids is 3. The van der Waals surface area contributed by atoms with Gasteiger partial charge < -0.3 is 20.2 Å². The van der Waals surface area contributed by atoms with Crippen molar-refractivity contribution in [3.63, 3.8) is 0 Å². The first kappa shape index (κ1) is 27.7. The molecule has 0 aromatic heterocycles. The normalized spacial score (nSPS) is 21.4. The maximum absolute atomic E-state index is 13.2. The summed E-state index contributed by atoms with van der Waals surface area (Å²) in [5, 5.41) is 16.1. The highest BCUT2D eigenvalue weighted by molar-refractivity contribution is 7.52. The molecule has 2 aliphatic heterocycles. The number of carbonyl (C=O) groups is 4. The van der Waals surface area contributed by atoms with E-state index in [2.05, 4.69) is 10.6 Å². The second-order valence-electron chi connectivity index (χ2n) is 10.1. The number of hydrogen-bond acceptors (Lipinski definition) is 6. The molecule has 40 heavy (non-hydrogen) atoms. The molecule has 0 saturated carbocycles. The molecule has 0 spiro atoms. The van der Waals surface area contributed by atoms with Crippen LogP contribution in [0.1, 0.15) is 39.1 Å². The van der Waals surface area contributed by atoms with E-state index in [1.54, 1.807) is 54.6 Å². The van der Waals surface area contributed by atoms with E-state index in [0.717, 1.165) is 10.3 Å². The molecule has 1 saturated heterocycles. The number of nitrogens with zero attached hydrogens (tertiary/aromatic N) is 1. The van der Waals surface area contributed by atoms with Crippen molar-refractivity contribution < 1.29 is 38.6 Å². The molecule has 4 atom stereocenters. The van der Waals surface area contributed by atoms with Crippen molar-refractivity contribution in [3.8, 4) is 0 Å². The summed E-state index contributed by atoms with van der Waals surface area (Å²) in [5.74, 6) is -5.08. The average molecular weight is 566 g/mol. The Hall–Kier alpha value is -3.89. The summed E-state index contributed by atoms with van der Waals surface area (Å²) in [6, 6.07) is 16.8. The van der Waals surface area contributed by atoms with Gasteiger partial charge >= 0.3 is 13.6 Å². The molecule has 3 aromatic carbocycles. The summed E-state index contributed by atoms with van der Waals surface area (Å²) in [4.78, 5) is 72.3. The number of amides is 3. The van der Waals surface area contributed by atoms with E-state index in [0.29, 0.717) is 22.1 Å². The van der Waals surface area contributed by atoms with Crippen LogP contribution in [0.2, 0.25) is 0 Å². The number of hydrogen-bond donors (Lipinski definition) is 5. The zero-order chi connectivity index (χ0) is 28.6. The van der Waals surface area contributed by atoms with Crippen LogP contribution < -0.4 is 10.6 Å². The van der Waals surface area contributed by atoms with Crippen LogP contribution in [0.3, 0.4) is 0 Å². The van der Waals surface area contributed by atoms with E-state index >= 15 is 0 Å². The molecule has 3 aromatic rings. The molecule has 3 amide bonds. The summed E-state index contributed by atoms with van der Waals surface area (Å²) in [5.41, 5.74) is 1.45. The molecule has 0 radical (unpaired) electrons. The highest BCUT2D eigenvalue weighted by atomic mass is 31.2. The number of carboxylic acid groups (broad SMARTS) is 1. The van der Waals surface area contributed by atoms with E-state index in [9.17, 15) is 38.6 Å². The summed E-state index contributed by atoms with van der Waals surface area (Å²) < 4.78 is 12.3. The molecule has 5 N–H and O–H groups in total. The molecule has 0 bridgehead atoms. The quantitative estimate of drug-likeness (QED) is 0.192. The van der Waals surface area contributed by atoms with Gasteiger partial charge in [0.1, 0.15) is 11.8 Å². The van der Waals surface area contributed by atoms with Gasteiger partial charge in [0.25, 0.3) is 11.8 Å². The Morgan fingerprint density at radius 1 is 0.975 bits per heavy atom. The highest BCUT2D eigenvalue weighted by Gasteiger charge is 2.47. The Labute approximate surface area is 229 Å². The van der Waals surface area contributed by atoms with E-state index < -0.39 is 55.1 Å². The molecule has 5 rings (SSSR count). The van der Waals surface area contributed by atoms with Crippen molar-refractivity contribution in [2.45, 2.75) is 37.1 Å². The van der Waals surface area contributed by atoms with Gasteiger partial charge in [0.15, 0.2) is 0 Å². The monoisotopic (exact) mass is 565 g/mol. The Morgan fingerprint density at radius 2 is 1.60 bits per heavy atom. The van der Waals surface area contributed by atoms with Gasteiger partial charge in [0.2, 0.25) is 5.91 Å². The highest BCUT2D eigenvalue weighted by Crippen LogP contribution is 2.48. The molecule has 11 nitrogen and oxygen atoms in total. The van der Waals surface area contributed by atoms with Crippen LogP contribution >= 0.6 is 7.60 Å². The van der Waals surface area contributed by atoms with Crippen LogP contribution in [-0.2, 0) is 20.6 Å². The van der Waals surface area contributed by atoms with Gasteiger partial charge in [-0.2, -0.15) is 0 Å². The Morgan fingerprint density at radius 3 is 2.17 bits per heavy atom. The fourth-order valence-electron chi connectivity index (χ4n) is 5.57. The maximum Gasteiger partial charge on any atom is 0.342 e. The lowest BCUT2D eigenvalue weighted by Gasteiger charge is -2.29. The molecule has 12 heteroatoms. The van der Waals surface area contributed by atoms with Gasteiger partial charge in [-0.1, -0.05) is 54.6 Å². The third kappa shape index (κ3) is 5.41. The van der Waals surface area contributed by atoms with E-state index in [1.807, 2.05) is 12.1 Å². The first-order chi connectivity index (χ1) is 19.0. The summed E-state index contributed by atoms with van der Waals surface area (Å²) in [6.07, 6.45) is 0.0592. The molecule has 2 heterocycles. The number of benzene rings is 3. The van der Waals surface area contributed by atoms with Crippen molar-refractivity contribution in [3.05, 3.63) is 83.4 Å². The SMILES string of the molecule is O=C(O)[C@H](Cc1ccccc1)NC(=O)[C@@H]1C[C@H](CCN2C(=O)c3cccc4cccc(c34)C2=O)[C@@H](P(=O)(O)O)N1. The predicted molar refractivity (Wildman–Crippen MR) is 145 cm³/mol. The maximum atomic E-state index is 13.2. The molecule has 0 unspecified atom stereocenters. The lowest BCUT2D eigenvalue weighted by Crippen LogP contribution is -2.50. The van der Waals surface area contributed by atoms with Crippen LogP contribution in [0.25, 0.3) is 10.8 Å². The van der Waals surface area contributed by atoms with Crippen molar-refractivity contribution in [1.82, 2.24) is 15.5 Å². The Bertz CT molecular complexity index is 1490. The minimum Gasteiger partial charge on any atom is -0.480 e. The van der Waals surface area contributed by atoms with Gasteiger partial charge in [0.05, 0.1) is 6.04 Å². The van der Waals surface area contributed by atoms with Crippen LogP contribution in [-0.4, -0.2) is 67.9 Å². The number of imide groups is 1. The molecule has 2 aliphatic rings. The predicted octanol–water partition coefficient (Wildman–Crippen LogP) is 2.12. The van der Waals surface area contributed by atoms with Crippen LogP contribution in [0.15, 0.2) is 66.7 Å². The molecule has 1 fully saturated rings. The largest absolute Gasteiger partial charge is 0.480 e. The molecule has 208 valence electrons. The molecular weight excluding hydrogens is 537 g/mol. The Kier molecular flexibility index (Phi) is 7.57. The van der Waals surface area contributed by atoms with Crippen LogP contribution in [0.5, 0.6) is 0 Å². The van der Waals surface area contributed by atoms with Gasteiger partial charge in [-0.25, -0.2) is 4.79 Å². The fourth-order valence-corrected chi connectivity index (χ4v) is 6.77. The lowest BCUT2D eigenvalue weighted by atomic mass is 9.93. The zero-order valence-corrected chi connectivity index (χ0v) is 22.2. The van der Waals surface area contributed by atoms with Crippen LogP contribution in [0, 0.1) is 5.92 Å². The van der Waals surface area contributed by atoms with Crippen molar-refractivity contribution in [1.29, 1.82) is 0 Å². The van der Waals surface area contributed by atoms with E-state index in [4.69, 9.17) is 0 Å². The van der Waals surface area contributed by atoms with Gasteiger partial charge in [-0.05, 0) is 41.8 Å². The summed E-state index contributed by atoms with van der Waals surface area (Å²) in [6.45, 7) is -0.106. The van der Waals surface area contributed by atoms with E-state index in [1.165, 1.54) is 0 Å². The van der Waals surface area contributed by atoms with Gasteiger partial charge in [-0.15, -0.1) is 0 Å². The lowest BCUT2D eigenvalue weighted by molar-refractivity contribution is -0.142. The number of carboxylic acids is 1. The van der Waals surface area contributed by atoms with Crippen molar-refractivity contribution in [2.24, 2.45) is 5.92 Å². The topological polar surface area (TPSA) is 173 Å². The standard InChI is InChI=1S/C28H28N3O8P/c32-24(29-22(28(35)36)14-16-6-2-1-3-7-16)21-15-18(25(30-21)40(37,38)39)12-13-31-26(33)19-10-4-8-17-9-5-11-20(23(17)19)27(31)34/h1-11,18,21-22,25,30H,12-15H2,(H,29,32)(H,35,36)(H2,37,38,39)/t18-,21-,22-,25+/m0/s1. The molecule has 0 aliphatic carbocycles. The Balaban J connectivity index is 1.29. The zero-order valence-electron chi connectivity index (χ0n) is 21.3. The minimum absolute atomic E-state index is 0.0122. The second kappa shape index (κ2) is 10.9. The third-order valence-electron chi connectivity index (χ3n) is 7.51. The van der Waals surface area contributed by atoms with Gasteiger partial charge in [-0.3, -0.25) is 29.2 Å². The van der Waals surface area contributed by atoms with Crippen molar-refractivity contribution in [2.75, 3.05) is 6.54 Å². The van der Waals surface area contributed by atoms with E-state index in [-0.39, 0.29) is 25.8 Å². The fraction of sp³-hybridized carbons (Fsp3) is 0.286.